The summed E-state index contributed by atoms with van der Waals surface area (Å²) in [6.45, 7) is 3.38. The molecule has 0 heterocycles. The third kappa shape index (κ3) is 4.56. The molecule has 120 valence electrons. The molecule has 0 saturated carbocycles. The number of nitrogens with one attached hydrogen (secondary N) is 1. The van der Waals surface area contributed by atoms with Crippen molar-refractivity contribution < 1.29 is 14.3 Å². The summed E-state index contributed by atoms with van der Waals surface area (Å²) in [5.41, 5.74) is 2.75. The fraction of sp³-hybridized carbons (Fsp3) is 0.176. The molecule has 23 heavy (non-hydrogen) atoms. The van der Waals surface area contributed by atoms with Crippen LogP contribution in [0.2, 0.25) is 5.02 Å². The molecule has 0 aliphatic carbocycles. The van der Waals surface area contributed by atoms with Gasteiger partial charge in [-0.1, -0.05) is 39.7 Å². The second-order valence-electron chi connectivity index (χ2n) is 5.00. The number of carbonyl (C=O) groups excluding carboxylic acids is 2. The van der Waals surface area contributed by atoms with Gasteiger partial charge < -0.3 is 10.1 Å². The van der Waals surface area contributed by atoms with Crippen LogP contribution in [0.4, 0.5) is 5.69 Å². The van der Waals surface area contributed by atoms with Crippen molar-refractivity contribution in [2.24, 2.45) is 0 Å². The van der Waals surface area contributed by atoms with E-state index in [2.05, 4.69) is 21.2 Å². The Kier molecular flexibility index (Phi) is 5.80. The summed E-state index contributed by atoms with van der Waals surface area (Å²) in [6.07, 6.45) is 0. The molecule has 0 bridgehead atoms. The Morgan fingerprint density at radius 2 is 1.96 bits per heavy atom. The molecule has 0 unspecified atom stereocenters. The molecule has 4 nitrogen and oxygen atoms in total. The number of amides is 1. The maximum atomic E-state index is 12.1. The molecule has 0 spiro atoms. The maximum absolute atomic E-state index is 12.1. The van der Waals surface area contributed by atoms with Gasteiger partial charge in [0.1, 0.15) is 0 Å². The van der Waals surface area contributed by atoms with Crippen LogP contribution in [0.3, 0.4) is 0 Å². The highest BCUT2D eigenvalue weighted by Gasteiger charge is 2.14. The lowest BCUT2D eigenvalue weighted by molar-refractivity contribution is -0.119. The molecule has 0 saturated heterocycles. The van der Waals surface area contributed by atoms with Gasteiger partial charge in [0.05, 0.1) is 16.3 Å². The number of benzene rings is 2. The van der Waals surface area contributed by atoms with Crippen LogP contribution in [-0.2, 0) is 9.53 Å². The Bertz CT molecular complexity index is 761. The molecule has 0 aliphatic heterocycles. The first-order valence-electron chi connectivity index (χ1n) is 6.86. The van der Waals surface area contributed by atoms with E-state index in [1.165, 1.54) is 0 Å². The summed E-state index contributed by atoms with van der Waals surface area (Å²) in [6, 6.07) is 10.4. The first kappa shape index (κ1) is 17.5. The number of esters is 1. The Hall–Kier alpha value is -1.85. The molecule has 1 amide bonds. The summed E-state index contributed by atoms with van der Waals surface area (Å²) >= 11 is 9.30. The van der Waals surface area contributed by atoms with Crippen molar-refractivity contribution in [3.05, 3.63) is 62.6 Å². The highest BCUT2D eigenvalue weighted by atomic mass is 79.9. The number of rotatable bonds is 4. The lowest BCUT2D eigenvalue weighted by atomic mass is 10.0. The first-order valence-corrected chi connectivity index (χ1v) is 8.04. The van der Waals surface area contributed by atoms with E-state index in [4.69, 9.17) is 16.3 Å². The van der Waals surface area contributed by atoms with Gasteiger partial charge in [-0.05, 0) is 49.2 Å². The molecule has 0 atom stereocenters. The summed E-state index contributed by atoms with van der Waals surface area (Å²) in [5, 5.41) is 3.00. The molecular weight excluding hydrogens is 382 g/mol. The van der Waals surface area contributed by atoms with Crippen molar-refractivity contribution in [2.75, 3.05) is 11.9 Å². The number of carbonyl (C=O) groups is 2. The van der Waals surface area contributed by atoms with Gasteiger partial charge in [-0.3, -0.25) is 4.79 Å². The van der Waals surface area contributed by atoms with Crippen molar-refractivity contribution in [3.63, 3.8) is 0 Å². The van der Waals surface area contributed by atoms with Crippen molar-refractivity contribution in [3.8, 4) is 0 Å². The SMILES string of the molecule is Cc1cccc(C(=O)OCC(=O)Nc2ccc(Br)cc2Cl)c1C. The Balaban J connectivity index is 1.96. The number of halogens is 2. The van der Waals surface area contributed by atoms with E-state index >= 15 is 0 Å². The Labute approximate surface area is 147 Å². The molecule has 2 aromatic rings. The zero-order chi connectivity index (χ0) is 17.0. The zero-order valence-corrected chi connectivity index (χ0v) is 15.0. The highest BCUT2D eigenvalue weighted by Crippen LogP contribution is 2.25. The van der Waals surface area contributed by atoms with E-state index < -0.39 is 11.9 Å². The third-order valence-corrected chi connectivity index (χ3v) is 4.17. The van der Waals surface area contributed by atoms with Crippen LogP contribution in [-0.4, -0.2) is 18.5 Å². The van der Waals surface area contributed by atoms with E-state index in [0.717, 1.165) is 15.6 Å². The van der Waals surface area contributed by atoms with Crippen LogP contribution in [0.15, 0.2) is 40.9 Å². The van der Waals surface area contributed by atoms with Crippen molar-refractivity contribution in [2.45, 2.75) is 13.8 Å². The number of aryl methyl sites for hydroxylation is 1. The second-order valence-corrected chi connectivity index (χ2v) is 6.32. The molecule has 1 N–H and O–H groups in total. The summed E-state index contributed by atoms with van der Waals surface area (Å²) < 4.78 is 5.87. The fourth-order valence-corrected chi connectivity index (χ4v) is 2.68. The normalized spacial score (nSPS) is 10.3. The zero-order valence-electron chi connectivity index (χ0n) is 12.7. The van der Waals surface area contributed by atoms with Crippen LogP contribution < -0.4 is 5.32 Å². The van der Waals surface area contributed by atoms with Crippen molar-refractivity contribution >= 4 is 45.1 Å². The van der Waals surface area contributed by atoms with E-state index in [1.807, 2.05) is 19.9 Å². The number of anilines is 1. The summed E-state index contributed by atoms with van der Waals surface area (Å²) in [7, 11) is 0. The molecule has 2 aromatic carbocycles. The predicted octanol–water partition coefficient (Wildman–Crippen LogP) is 4.51. The van der Waals surface area contributed by atoms with Gasteiger partial charge in [0.25, 0.3) is 5.91 Å². The van der Waals surface area contributed by atoms with Gasteiger partial charge in [-0.25, -0.2) is 4.79 Å². The number of ether oxygens (including phenoxy) is 1. The van der Waals surface area contributed by atoms with Crippen LogP contribution in [0.25, 0.3) is 0 Å². The van der Waals surface area contributed by atoms with Gasteiger partial charge in [-0.2, -0.15) is 0 Å². The average molecular weight is 397 g/mol. The average Bonchev–Trinajstić information content (AvgIpc) is 2.50. The van der Waals surface area contributed by atoms with Crippen molar-refractivity contribution in [1.82, 2.24) is 0 Å². The van der Waals surface area contributed by atoms with Gasteiger partial charge in [0, 0.05) is 4.47 Å². The molecule has 2 rings (SSSR count). The number of hydrogen-bond donors (Lipinski definition) is 1. The van der Waals surface area contributed by atoms with Gasteiger partial charge in [0.2, 0.25) is 0 Å². The third-order valence-electron chi connectivity index (χ3n) is 3.36. The lowest BCUT2D eigenvalue weighted by Crippen LogP contribution is -2.21. The first-order chi connectivity index (χ1) is 10.9. The van der Waals surface area contributed by atoms with E-state index in [0.29, 0.717) is 16.3 Å². The van der Waals surface area contributed by atoms with Crippen molar-refractivity contribution in [1.29, 1.82) is 0 Å². The summed E-state index contributed by atoms with van der Waals surface area (Å²) in [5.74, 6) is -0.976. The molecular formula is C17H15BrClNO3. The smallest absolute Gasteiger partial charge is 0.338 e. The predicted molar refractivity (Wildman–Crippen MR) is 94.0 cm³/mol. The minimum Gasteiger partial charge on any atom is -0.452 e. The van der Waals surface area contributed by atoms with Crippen LogP contribution >= 0.6 is 27.5 Å². The lowest BCUT2D eigenvalue weighted by Gasteiger charge is -2.10. The van der Waals surface area contributed by atoms with E-state index in [1.54, 1.807) is 30.3 Å². The maximum Gasteiger partial charge on any atom is 0.338 e. The van der Waals surface area contributed by atoms with Crippen LogP contribution in [0, 0.1) is 13.8 Å². The van der Waals surface area contributed by atoms with E-state index in [9.17, 15) is 9.59 Å². The number of hydrogen-bond acceptors (Lipinski definition) is 3. The van der Waals surface area contributed by atoms with Gasteiger partial charge in [0.15, 0.2) is 6.61 Å². The summed E-state index contributed by atoms with van der Waals surface area (Å²) in [4.78, 5) is 23.9. The topological polar surface area (TPSA) is 55.4 Å². The molecule has 0 fully saturated rings. The Morgan fingerprint density at radius 3 is 2.65 bits per heavy atom. The minimum absolute atomic E-state index is 0.376. The molecule has 0 aromatic heterocycles. The fourth-order valence-electron chi connectivity index (χ4n) is 1.96. The van der Waals surface area contributed by atoms with Gasteiger partial charge >= 0.3 is 5.97 Å². The standard InChI is InChI=1S/C17H15BrClNO3/c1-10-4-3-5-13(11(10)2)17(22)23-9-16(21)20-15-7-6-12(18)8-14(15)19/h3-8H,9H2,1-2H3,(H,20,21). The van der Waals surface area contributed by atoms with Gasteiger partial charge in [-0.15, -0.1) is 0 Å². The largest absolute Gasteiger partial charge is 0.452 e. The molecule has 0 aliphatic rings. The minimum atomic E-state index is -0.525. The van der Waals surface area contributed by atoms with E-state index in [-0.39, 0.29) is 6.61 Å². The quantitative estimate of drug-likeness (QED) is 0.773. The van der Waals surface area contributed by atoms with Crippen LogP contribution in [0.1, 0.15) is 21.5 Å². The van der Waals surface area contributed by atoms with Crippen LogP contribution in [0.5, 0.6) is 0 Å². The monoisotopic (exact) mass is 395 g/mol. The molecule has 6 heteroatoms. The Morgan fingerprint density at radius 1 is 1.22 bits per heavy atom. The highest BCUT2D eigenvalue weighted by molar-refractivity contribution is 9.10. The second kappa shape index (κ2) is 7.62. The molecule has 0 radical (unpaired) electrons.